The smallest absolute Gasteiger partial charge is 0.306 e. The fraction of sp³-hybridized carbons (Fsp3) is 0.300. The summed E-state index contributed by atoms with van der Waals surface area (Å²) in [5.74, 6) is -8.36. The lowest BCUT2D eigenvalue weighted by molar-refractivity contribution is -0.117. The van der Waals surface area contributed by atoms with Crippen LogP contribution in [-0.4, -0.2) is 26.1 Å². The fourth-order valence-electron chi connectivity index (χ4n) is 1.88. The van der Waals surface area contributed by atoms with Gasteiger partial charge in [0.05, 0.1) is 0 Å². The molecule has 1 aliphatic heterocycles. The second kappa shape index (κ2) is 4.69. The Morgan fingerprint density at radius 1 is 1.10 bits per heavy atom. The summed E-state index contributed by atoms with van der Waals surface area (Å²) >= 11 is 0. The number of nitrogens with zero attached hydrogens (tertiary/aromatic N) is 1. The largest absolute Gasteiger partial charge is 0.307 e. The van der Waals surface area contributed by atoms with E-state index in [9.17, 15) is 34.7 Å². The lowest BCUT2D eigenvalue weighted by Gasteiger charge is -2.18. The summed E-state index contributed by atoms with van der Waals surface area (Å²) < 4.78 is 87.1. The highest BCUT2D eigenvalue weighted by molar-refractivity contribution is 7.87. The third-order valence-corrected chi connectivity index (χ3v) is 3.96. The van der Waals surface area contributed by atoms with Crippen molar-refractivity contribution in [3.05, 3.63) is 29.3 Å². The maximum absolute atomic E-state index is 13.5. The van der Waals surface area contributed by atoms with Crippen LogP contribution in [0.4, 0.5) is 27.1 Å². The second-order valence-electron chi connectivity index (χ2n) is 4.12. The van der Waals surface area contributed by atoms with Gasteiger partial charge in [0, 0.05) is 19.0 Å². The second-order valence-corrected chi connectivity index (χ2v) is 5.74. The molecule has 20 heavy (non-hydrogen) atoms. The average Bonchev–Trinajstić information content (AvgIpc) is 2.69. The number of rotatable bonds is 2. The van der Waals surface area contributed by atoms with Crippen LogP contribution < -0.4 is 4.90 Å². The molecule has 1 aromatic rings. The van der Waals surface area contributed by atoms with Crippen molar-refractivity contribution in [2.45, 2.75) is 11.7 Å². The standard InChI is InChI=1S/C10H6F5NO3S/c11-5-2-6(12)9(14)10(8(5)13)16-3-4(1-7(16)17)20(15,18)19/h2,4H,1,3H2. The maximum Gasteiger partial charge on any atom is 0.307 e. The van der Waals surface area contributed by atoms with Crippen molar-refractivity contribution in [2.24, 2.45) is 0 Å². The van der Waals surface area contributed by atoms with Gasteiger partial charge in [-0.25, -0.2) is 17.6 Å². The first kappa shape index (κ1) is 14.7. The molecule has 2 rings (SSSR count). The summed E-state index contributed by atoms with van der Waals surface area (Å²) in [7, 11) is -5.12. The van der Waals surface area contributed by atoms with Crippen molar-refractivity contribution in [1.29, 1.82) is 0 Å². The van der Waals surface area contributed by atoms with Gasteiger partial charge in [-0.2, -0.15) is 8.42 Å². The molecule has 1 heterocycles. The number of amides is 1. The van der Waals surface area contributed by atoms with Gasteiger partial charge >= 0.3 is 10.2 Å². The first-order valence-corrected chi connectivity index (χ1v) is 6.64. The number of carbonyl (C=O) groups is 1. The van der Waals surface area contributed by atoms with Crippen molar-refractivity contribution >= 4 is 21.8 Å². The third-order valence-electron chi connectivity index (χ3n) is 2.85. The van der Waals surface area contributed by atoms with E-state index >= 15 is 0 Å². The summed E-state index contributed by atoms with van der Waals surface area (Å²) in [6.45, 7) is -0.922. The molecule has 10 heteroatoms. The monoisotopic (exact) mass is 315 g/mol. The first-order valence-electron chi connectivity index (χ1n) is 5.19. The molecule has 1 aliphatic rings. The Balaban J connectivity index is 2.51. The molecule has 0 spiro atoms. The van der Waals surface area contributed by atoms with Gasteiger partial charge in [0.2, 0.25) is 5.91 Å². The van der Waals surface area contributed by atoms with Crippen molar-refractivity contribution in [2.75, 3.05) is 11.4 Å². The van der Waals surface area contributed by atoms with E-state index in [1.807, 2.05) is 0 Å². The van der Waals surface area contributed by atoms with E-state index in [1.54, 1.807) is 0 Å². The van der Waals surface area contributed by atoms with Crippen LogP contribution in [0, 0.1) is 23.3 Å². The van der Waals surface area contributed by atoms with Crippen molar-refractivity contribution in [3.8, 4) is 0 Å². The van der Waals surface area contributed by atoms with Crippen molar-refractivity contribution in [1.82, 2.24) is 0 Å². The maximum atomic E-state index is 13.5. The van der Waals surface area contributed by atoms with E-state index in [0.29, 0.717) is 0 Å². The predicted octanol–water partition coefficient (Wildman–Crippen LogP) is 1.65. The van der Waals surface area contributed by atoms with E-state index in [1.165, 1.54) is 0 Å². The van der Waals surface area contributed by atoms with E-state index in [2.05, 4.69) is 0 Å². The van der Waals surface area contributed by atoms with Crippen LogP contribution in [0.3, 0.4) is 0 Å². The van der Waals surface area contributed by atoms with Gasteiger partial charge in [-0.1, -0.05) is 0 Å². The molecule has 0 aliphatic carbocycles. The Morgan fingerprint density at radius 3 is 2.00 bits per heavy atom. The minimum Gasteiger partial charge on any atom is -0.306 e. The Kier molecular flexibility index (Phi) is 3.44. The van der Waals surface area contributed by atoms with Gasteiger partial charge in [-0.15, -0.1) is 3.89 Å². The average molecular weight is 315 g/mol. The SMILES string of the molecule is O=C1CC(S(=O)(=O)F)CN1c1c(F)c(F)cc(F)c1F. The molecule has 1 unspecified atom stereocenters. The molecule has 1 fully saturated rings. The number of halogens is 5. The molecular weight excluding hydrogens is 309 g/mol. The van der Waals surface area contributed by atoms with Crippen molar-refractivity contribution < 1.29 is 34.7 Å². The molecule has 1 amide bonds. The molecular formula is C10H6F5NO3S. The lowest BCUT2D eigenvalue weighted by atomic mass is 10.2. The number of anilines is 1. The number of carbonyl (C=O) groups excluding carboxylic acids is 1. The lowest BCUT2D eigenvalue weighted by Crippen LogP contribution is -2.29. The van der Waals surface area contributed by atoms with Crippen molar-refractivity contribution in [3.63, 3.8) is 0 Å². The van der Waals surface area contributed by atoms with E-state index in [0.717, 1.165) is 0 Å². The molecule has 0 saturated carbocycles. The fourth-order valence-corrected chi connectivity index (χ4v) is 2.55. The minimum absolute atomic E-state index is 0.0574. The van der Waals surface area contributed by atoms with Crippen LogP contribution in [0.15, 0.2) is 6.07 Å². The van der Waals surface area contributed by atoms with Crippen LogP contribution in [0.1, 0.15) is 6.42 Å². The van der Waals surface area contributed by atoms with E-state index in [4.69, 9.17) is 0 Å². The summed E-state index contributed by atoms with van der Waals surface area (Å²) in [6.07, 6.45) is -0.865. The zero-order valence-corrected chi connectivity index (χ0v) is 10.4. The highest BCUT2D eigenvalue weighted by atomic mass is 32.3. The molecule has 4 nitrogen and oxygen atoms in total. The summed E-state index contributed by atoms with van der Waals surface area (Å²) in [6, 6.07) is -0.0574. The molecule has 1 saturated heterocycles. The van der Waals surface area contributed by atoms with E-state index < -0.39 is 63.3 Å². The summed E-state index contributed by atoms with van der Waals surface area (Å²) in [4.78, 5) is 11.7. The highest BCUT2D eigenvalue weighted by Gasteiger charge is 2.41. The Bertz CT molecular complexity index is 664. The normalized spacial score (nSPS) is 19.8. The van der Waals surface area contributed by atoms with E-state index in [-0.39, 0.29) is 11.0 Å². The Morgan fingerprint density at radius 2 is 1.60 bits per heavy atom. The van der Waals surface area contributed by atoms with Crippen LogP contribution >= 0.6 is 0 Å². The van der Waals surface area contributed by atoms with Gasteiger partial charge in [-0.3, -0.25) is 4.79 Å². The minimum atomic E-state index is -5.12. The molecule has 0 N–H and O–H groups in total. The van der Waals surface area contributed by atoms with Gasteiger partial charge in [0.1, 0.15) is 10.9 Å². The quantitative estimate of drug-likeness (QED) is 0.474. The number of hydrogen-bond donors (Lipinski definition) is 0. The van der Waals surface area contributed by atoms with Gasteiger partial charge in [0.25, 0.3) is 0 Å². The van der Waals surface area contributed by atoms with Crippen LogP contribution in [-0.2, 0) is 15.0 Å². The summed E-state index contributed by atoms with van der Waals surface area (Å²) in [5.41, 5.74) is -1.36. The van der Waals surface area contributed by atoms with Crippen LogP contribution in [0.25, 0.3) is 0 Å². The first-order chi connectivity index (χ1) is 9.12. The van der Waals surface area contributed by atoms with Gasteiger partial charge < -0.3 is 4.90 Å². The van der Waals surface area contributed by atoms with Crippen LogP contribution in [0.5, 0.6) is 0 Å². The molecule has 1 atom stereocenters. The molecule has 1 aromatic carbocycles. The Labute approximate surface area is 110 Å². The van der Waals surface area contributed by atoms with Crippen LogP contribution in [0.2, 0.25) is 0 Å². The zero-order valence-electron chi connectivity index (χ0n) is 9.54. The molecule has 0 bridgehead atoms. The molecule has 0 aromatic heterocycles. The molecule has 0 radical (unpaired) electrons. The topological polar surface area (TPSA) is 54.5 Å². The predicted molar refractivity (Wildman–Crippen MR) is 57.1 cm³/mol. The number of benzene rings is 1. The highest BCUT2D eigenvalue weighted by Crippen LogP contribution is 2.32. The summed E-state index contributed by atoms with van der Waals surface area (Å²) in [5, 5.41) is -1.83. The Hall–Kier alpha value is -1.71. The zero-order chi connectivity index (χ0) is 15.2. The number of hydrogen-bond acceptors (Lipinski definition) is 3. The van der Waals surface area contributed by atoms with Gasteiger partial charge in [-0.05, 0) is 0 Å². The molecule has 110 valence electrons. The third kappa shape index (κ3) is 2.35. The van der Waals surface area contributed by atoms with Gasteiger partial charge in [0.15, 0.2) is 23.3 Å².